The molecule has 0 saturated heterocycles. The van der Waals surface area contributed by atoms with Gasteiger partial charge in [-0.25, -0.2) is 4.98 Å². The minimum Gasteiger partial charge on any atom is -0.486 e. The van der Waals surface area contributed by atoms with Crippen molar-refractivity contribution in [2.45, 2.75) is 85.2 Å². The fraction of sp³-hybridized carbons (Fsp3) is 0.194. The van der Waals surface area contributed by atoms with Crippen LogP contribution < -0.4 is 0 Å². The predicted molar refractivity (Wildman–Crippen MR) is 308 cm³/mol. The third kappa shape index (κ3) is 9.25. The van der Waals surface area contributed by atoms with Crippen molar-refractivity contribution >= 4 is 66.1 Å². The van der Waals surface area contributed by atoms with E-state index in [9.17, 15) is 17.6 Å². The van der Waals surface area contributed by atoms with Crippen molar-refractivity contribution in [3.05, 3.63) is 204 Å². The first-order valence-electron chi connectivity index (χ1n) is 26.6. The molecule has 0 atom stereocenters. The average Bonchev–Trinajstić information content (AvgIpc) is 4.43. The summed E-state index contributed by atoms with van der Waals surface area (Å²) in [5, 5.41) is 2.50. The monoisotopic (exact) mass is 1240 g/mol. The smallest absolute Gasteiger partial charge is 0.451 e. The van der Waals surface area contributed by atoms with Crippen molar-refractivity contribution in [1.29, 1.82) is 0 Å². The molecule has 403 valence electrons. The zero-order chi connectivity index (χ0) is 55.0. The average molecular weight is 1240 g/mol. The minimum atomic E-state index is -4.83. The van der Waals surface area contributed by atoms with E-state index < -0.39 is 12.0 Å². The van der Waals surface area contributed by atoms with Gasteiger partial charge in [-0.15, -0.1) is 48.0 Å². The molecule has 0 amide bonds. The zero-order valence-corrected chi connectivity index (χ0v) is 47.6. The molecule has 0 fully saturated rings. The van der Waals surface area contributed by atoms with E-state index in [2.05, 4.69) is 129 Å². The topological polar surface area (TPSA) is 87.7 Å². The van der Waals surface area contributed by atoms with E-state index in [0.29, 0.717) is 56.3 Å². The number of furan rings is 2. The van der Waals surface area contributed by atoms with Crippen molar-refractivity contribution in [3.8, 4) is 45.4 Å². The first-order valence-corrected chi connectivity index (χ1v) is 26.6. The summed E-state index contributed by atoms with van der Waals surface area (Å²) in [6, 6.07) is 56.3. The maximum Gasteiger partial charge on any atom is 0.451 e. The molecule has 5 heterocycles. The van der Waals surface area contributed by atoms with Crippen LogP contribution in [0.5, 0.6) is 0 Å². The Hall–Kier alpha value is -8.25. The largest absolute Gasteiger partial charge is 0.486 e. The predicted octanol–water partition coefficient (Wildman–Crippen LogP) is 18.9. The van der Waals surface area contributed by atoms with Gasteiger partial charge in [0.1, 0.15) is 11.2 Å². The molecule has 0 saturated carbocycles. The van der Waals surface area contributed by atoms with Crippen molar-refractivity contribution in [1.82, 2.24) is 29.1 Å². The molecule has 1 radical (unpaired) electrons. The Morgan fingerprint density at radius 1 is 0.500 bits per heavy atom. The number of fused-ring (bicyclic) bond motifs is 8. The summed E-state index contributed by atoms with van der Waals surface area (Å²) in [7, 11) is 0. The van der Waals surface area contributed by atoms with E-state index in [1.165, 1.54) is 28.9 Å². The SMILES string of the molecule is CC(C)c1cccc(C(C)C)c1-n1c(-c2[c-]cc(F)cc2)nc2ccccc21.CC(C)c1cccc(C(C)C)c1-n1c(-c2[c-]ccc3c2oc2nc(C(F)(F)F)nc(-c4cccc5c4oc4ccccc45)c23)nc2ccccc21.[Ir]. The van der Waals surface area contributed by atoms with Crippen LogP contribution >= 0.6 is 0 Å². The molecule has 8 aromatic carbocycles. The summed E-state index contributed by atoms with van der Waals surface area (Å²) in [6.07, 6.45) is -4.83. The van der Waals surface area contributed by atoms with Gasteiger partial charge in [-0.3, -0.25) is 14.4 Å². The molecule has 5 aromatic heterocycles. The Labute approximate surface area is 473 Å². The number of benzene rings is 8. The van der Waals surface area contributed by atoms with E-state index in [0.717, 1.165) is 61.0 Å². The second kappa shape index (κ2) is 21.1. The Morgan fingerprint density at radius 3 is 1.61 bits per heavy atom. The number of alkyl halides is 3. The van der Waals surface area contributed by atoms with Gasteiger partial charge in [0, 0.05) is 53.6 Å². The van der Waals surface area contributed by atoms with Crippen LogP contribution in [0.2, 0.25) is 0 Å². The molecule has 80 heavy (non-hydrogen) atoms. The second-order valence-electron chi connectivity index (χ2n) is 21.2. The zero-order valence-electron chi connectivity index (χ0n) is 45.2. The van der Waals surface area contributed by atoms with Gasteiger partial charge >= 0.3 is 6.18 Å². The van der Waals surface area contributed by atoms with Crippen molar-refractivity contribution in [3.63, 3.8) is 0 Å². The van der Waals surface area contributed by atoms with Gasteiger partial charge in [0.2, 0.25) is 11.5 Å². The van der Waals surface area contributed by atoms with E-state index >= 15 is 0 Å². The van der Waals surface area contributed by atoms with E-state index in [1.807, 2.05) is 72.8 Å². The maximum absolute atomic E-state index is 14.4. The van der Waals surface area contributed by atoms with Crippen LogP contribution in [0.1, 0.15) is 107 Å². The summed E-state index contributed by atoms with van der Waals surface area (Å²) in [4.78, 5) is 18.1. The molecule has 0 bridgehead atoms. The number of para-hydroxylation sites is 8. The normalized spacial score (nSPS) is 12.1. The van der Waals surface area contributed by atoms with Crippen molar-refractivity contribution in [2.75, 3.05) is 0 Å². The summed E-state index contributed by atoms with van der Waals surface area (Å²) in [6.45, 7) is 17.5. The van der Waals surface area contributed by atoms with Gasteiger partial charge in [0.15, 0.2) is 0 Å². The number of imidazole rings is 2. The number of halogens is 4. The van der Waals surface area contributed by atoms with E-state index in [-0.39, 0.29) is 49.2 Å². The van der Waals surface area contributed by atoms with Gasteiger partial charge in [0.25, 0.3) is 0 Å². The van der Waals surface area contributed by atoms with Crippen molar-refractivity contribution in [2.24, 2.45) is 0 Å². The standard InChI is InChI=1S/C42H30F3N4O2.C25H24FN2.Ir/c1-22(2)24-13-9-14-25(23(3)4)36(24)49-32-20-7-6-19-31(32)46-39(49)30-18-11-16-28-34-35(47-41(42(43,44)45)48-40(34)51-38(28)30)29-17-10-15-27-26-12-5-8-21-33(26)50-37(27)29;1-16(2)20-8-7-9-21(17(3)4)24(20)28-23-11-6-5-10-22(23)27-25(28)18-12-14-19(26)15-13-18;/h5-17,19-23H,1-4H3;5-12,14-17H,1-4H3;/q2*-1;. The molecule has 8 nitrogen and oxygen atoms in total. The third-order valence-electron chi connectivity index (χ3n) is 14.7. The first-order chi connectivity index (χ1) is 38.1. The number of hydrogen-bond acceptors (Lipinski definition) is 6. The summed E-state index contributed by atoms with van der Waals surface area (Å²) in [5.41, 5.74) is 13.6. The third-order valence-corrected chi connectivity index (χ3v) is 14.7. The Bertz CT molecular complexity index is 4420. The van der Waals surface area contributed by atoms with Crippen LogP contribution in [0.15, 0.2) is 167 Å². The Morgan fingerprint density at radius 2 is 1.04 bits per heavy atom. The quantitative estimate of drug-likeness (QED) is 0.106. The van der Waals surface area contributed by atoms with Crippen LogP contribution in [0.25, 0.3) is 111 Å². The first kappa shape index (κ1) is 53.7. The number of aromatic nitrogens is 6. The van der Waals surface area contributed by atoms with Gasteiger partial charge in [0.05, 0.1) is 50.4 Å². The minimum absolute atomic E-state index is 0. The molecule has 0 N–H and O–H groups in total. The number of nitrogens with zero attached hydrogens (tertiary/aromatic N) is 6. The molecule has 0 spiro atoms. The fourth-order valence-electron chi connectivity index (χ4n) is 11.0. The molecular weight excluding hydrogens is 1190 g/mol. The second-order valence-corrected chi connectivity index (χ2v) is 21.2. The van der Waals surface area contributed by atoms with Gasteiger partial charge in [-0.1, -0.05) is 157 Å². The molecule has 0 unspecified atom stereocenters. The van der Waals surface area contributed by atoms with Gasteiger partial charge < -0.3 is 18.0 Å². The molecular formula is C67H54F4IrN6O2-2. The van der Waals surface area contributed by atoms with Crippen LogP contribution in [0.3, 0.4) is 0 Å². The van der Waals surface area contributed by atoms with Gasteiger partial charge in [-0.2, -0.15) is 18.2 Å². The number of hydrogen-bond donors (Lipinski definition) is 0. The Kier molecular flexibility index (Phi) is 14.2. The molecule has 0 aliphatic heterocycles. The molecule has 0 aliphatic carbocycles. The van der Waals surface area contributed by atoms with Gasteiger partial charge in [-0.05, 0) is 82.3 Å². The molecule has 13 aromatic rings. The summed E-state index contributed by atoms with van der Waals surface area (Å²) in [5.74, 6) is 0.854. The summed E-state index contributed by atoms with van der Waals surface area (Å²) >= 11 is 0. The van der Waals surface area contributed by atoms with Crippen molar-refractivity contribution < 1.29 is 46.5 Å². The number of rotatable bonds is 9. The van der Waals surface area contributed by atoms with E-state index in [4.69, 9.17) is 18.8 Å². The molecule has 13 heteroatoms. The molecule has 0 aliphatic rings. The van der Waals surface area contributed by atoms with Crippen LogP contribution in [0, 0.1) is 17.9 Å². The molecule has 13 rings (SSSR count). The van der Waals surface area contributed by atoms with Crippen LogP contribution in [-0.4, -0.2) is 29.1 Å². The summed E-state index contributed by atoms with van der Waals surface area (Å²) < 4.78 is 73.9. The van der Waals surface area contributed by atoms with Crippen LogP contribution in [0.4, 0.5) is 17.6 Å². The maximum atomic E-state index is 14.4. The Balaban J connectivity index is 0.000000197. The fourth-order valence-corrected chi connectivity index (χ4v) is 11.0. The van der Waals surface area contributed by atoms with E-state index in [1.54, 1.807) is 30.3 Å². The van der Waals surface area contributed by atoms with Crippen LogP contribution in [-0.2, 0) is 26.3 Å².